The van der Waals surface area contributed by atoms with Crippen molar-refractivity contribution in [2.24, 2.45) is 0 Å². The number of nitrogens with one attached hydrogen (secondary N) is 1. The van der Waals surface area contributed by atoms with Crippen LogP contribution in [0.5, 0.6) is 11.5 Å². The predicted octanol–water partition coefficient (Wildman–Crippen LogP) is 2.53. The van der Waals surface area contributed by atoms with Crippen molar-refractivity contribution in [3.63, 3.8) is 0 Å². The summed E-state index contributed by atoms with van der Waals surface area (Å²) in [4.78, 5) is 35.2. The zero-order chi connectivity index (χ0) is 21.2. The van der Waals surface area contributed by atoms with Gasteiger partial charge in [-0.25, -0.2) is 4.79 Å². The van der Waals surface area contributed by atoms with Crippen molar-refractivity contribution in [3.8, 4) is 11.5 Å². The lowest BCUT2D eigenvalue weighted by molar-refractivity contribution is -0.144. The lowest BCUT2D eigenvalue weighted by Crippen LogP contribution is -2.42. The van der Waals surface area contributed by atoms with Crippen LogP contribution in [0.2, 0.25) is 0 Å². The molecule has 0 aliphatic heterocycles. The fraction of sp³-hybridized carbons (Fsp3) is 0.227. The van der Waals surface area contributed by atoms with E-state index in [2.05, 4.69) is 5.32 Å². The van der Waals surface area contributed by atoms with E-state index in [0.717, 1.165) is 11.1 Å². The van der Waals surface area contributed by atoms with Crippen molar-refractivity contribution >= 4 is 23.9 Å². The molecule has 2 aromatic rings. The Labute approximate surface area is 169 Å². The quantitative estimate of drug-likeness (QED) is 0.418. The average Bonchev–Trinajstić information content (AvgIpc) is 2.72. The number of hydrogen-bond acceptors (Lipinski definition) is 6. The molecule has 1 atom stereocenters. The lowest BCUT2D eigenvalue weighted by atomic mass is 10.1. The monoisotopic (exact) mass is 397 g/mol. The Morgan fingerprint density at radius 3 is 2.14 bits per heavy atom. The van der Waals surface area contributed by atoms with Crippen molar-refractivity contribution in [1.82, 2.24) is 5.32 Å². The Bertz CT molecular complexity index is 871. The van der Waals surface area contributed by atoms with Gasteiger partial charge in [0, 0.05) is 19.4 Å². The maximum absolute atomic E-state index is 12.3. The molecule has 7 heteroatoms. The number of esters is 2. The van der Waals surface area contributed by atoms with Crippen LogP contribution < -0.4 is 14.8 Å². The molecular formula is C22H23NO6. The molecule has 0 saturated heterocycles. The maximum atomic E-state index is 12.3. The number of rotatable bonds is 8. The van der Waals surface area contributed by atoms with E-state index in [9.17, 15) is 14.4 Å². The van der Waals surface area contributed by atoms with Gasteiger partial charge >= 0.3 is 11.9 Å². The lowest BCUT2D eigenvalue weighted by Gasteiger charge is -2.15. The summed E-state index contributed by atoms with van der Waals surface area (Å²) in [6, 6.07) is 13.0. The molecule has 7 nitrogen and oxygen atoms in total. The second-order valence-corrected chi connectivity index (χ2v) is 6.13. The van der Waals surface area contributed by atoms with Crippen molar-refractivity contribution < 1.29 is 28.6 Å². The van der Waals surface area contributed by atoms with Crippen LogP contribution in [0.25, 0.3) is 6.08 Å². The standard InChI is InChI=1S/C22H23NO6/c1-15(24)29-19-11-4-16(5-12-19)8-13-21(25)23-20(22(26)28-3)14-17-6-9-18(27-2)10-7-17/h4-13,20H,14H2,1-3H3,(H,23,25)/t20-/m0/s1. The van der Waals surface area contributed by atoms with Gasteiger partial charge in [-0.1, -0.05) is 24.3 Å². The molecule has 29 heavy (non-hydrogen) atoms. The van der Waals surface area contributed by atoms with Gasteiger partial charge in [0.1, 0.15) is 17.5 Å². The van der Waals surface area contributed by atoms with Gasteiger partial charge in [-0.15, -0.1) is 0 Å². The van der Waals surface area contributed by atoms with Crippen molar-refractivity contribution in [3.05, 3.63) is 65.7 Å². The summed E-state index contributed by atoms with van der Waals surface area (Å²) < 4.78 is 14.9. The van der Waals surface area contributed by atoms with Gasteiger partial charge in [-0.3, -0.25) is 9.59 Å². The van der Waals surface area contributed by atoms with E-state index in [0.29, 0.717) is 11.5 Å². The van der Waals surface area contributed by atoms with E-state index in [1.807, 2.05) is 12.1 Å². The molecule has 2 aromatic carbocycles. The van der Waals surface area contributed by atoms with Crippen LogP contribution in [0.4, 0.5) is 0 Å². The minimum atomic E-state index is -0.822. The van der Waals surface area contributed by atoms with Crippen LogP contribution in [-0.2, 0) is 25.5 Å². The van der Waals surface area contributed by atoms with E-state index < -0.39 is 23.9 Å². The van der Waals surface area contributed by atoms with Crippen molar-refractivity contribution in [1.29, 1.82) is 0 Å². The summed E-state index contributed by atoms with van der Waals surface area (Å²) in [5.41, 5.74) is 1.59. The number of benzene rings is 2. The predicted molar refractivity (Wildman–Crippen MR) is 107 cm³/mol. The number of hydrogen-bond donors (Lipinski definition) is 1. The summed E-state index contributed by atoms with van der Waals surface area (Å²) in [5.74, 6) is -0.246. The highest BCUT2D eigenvalue weighted by molar-refractivity contribution is 5.94. The first-order chi connectivity index (χ1) is 13.9. The smallest absolute Gasteiger partial charge is 0.328 e. The van der Waals surface area contributed by atoms with Gasteiger partial charge in [-0.2, -0.15) is 0 Å². The molecule has 1 N–H and O–H groups in total. The summed E-state index contributed by atoms with van der Waals surface area (Å²) in [7, 11) is 2.85. The molecule has 0 aliphatic rings. The molecule has 0 fully saturated rings. The van der Waals surface area contributed by atoms with Gasteiger partial charge in [0.25, 0.3) is 0 Å². The van der Waals surface area contributed by atoms with Crippen LogP contribution in [0.15, 0.2) is 54.6 Å². The molecule has 0 unspecified atom stereocenters. The van der Waals surface area contributed by atoms with Crippen molar-refractivity contribution in [2.75, 3.05) is 14.2 Å². The SMILES string of the molecule is COC(=O)[C@H](Cc1ccc(OC)cc1)NC(=O)C=Cc1ccc(OC(C)=O)cc1. The number of methoxy groups -OCH3 is 2. The van der Waals surface area contributed by atoms with Crippen LogP contribution in [0.1, 0.15) is 18.1 Å². The first-order valence-electron chi connectivity index (χ1n) is 8.89. The van der Waals surface area contributed by atoms with Crippen LogP contribution in [0.3, 0.4) is 0 Å². The highest BCUT2D eigenvalue weighted by atomic mass is 16.5. The summed E-state index contributed by atoms with van der Waals surface area (Å²) in [5, 5.41) is 2.65. The molecule has 2 rings (SSSR count). The first kappa shape index (κ1) is 21.7. The third kappa shape index (κ3) is 7.14. The van der Waals surface area contributed by atoms with Gasteiger partial charge in [0.15, 0.2) is 0 Å². The molecule has 0 radical (unpaired) electrons. The van der Waals surface area contributed by atoms with E-state index in [1.165, 1.54) is 20.1 Å². The topological polar surface area (TPSA) is 90.9 Å². The molecule has 0 bridgehead atoms. The van der Waals surface area contributed by atoms with E-state index in [4.69, 9.17) is 14.2 Å². The molecule has 0 aliphatic carbocycles. The Hall–Kier alpha value is -3.61. The highest BCUT2D eigenvalue weighted by Gasteiger charge is 2.21. The molecule has 0 saturated carbocycles. The van der Waals surface area contributed by atoms with E-state index >= 15 is 0 Å². The fourth-order valence-corrected chi connectivity index (χ4v) is 2.54. The van der Waals surface area contributed by atoms with Crippen LogP contribution in [-0.4, -0.2) is 38.1 Å². The molecule has 0 spiro atoms. The van der Waals surface area contributed by atoms with Crippen LogP contribution in [0, 0.1) is 0 Å². The van der Waals surface area contributed by atoms with Gasteiger partial charge in [0.05, 0.1) is 14.2 Å². The molecular weight excluding hydrogens is 374 g/mol. The fourth-order valence-electron chi connectivity index (χ4n) is 2.54. The van der Waals surface area contributed by atoms with E-state index in [-0.39, 0.29) is 6.42 Å². The minimum absolute atomic E-state index is 0.285. The second kappa shape index (κ2) is 10.7. The summed E-state index contributed by atoms with van der Waals surface area (Å²) >= 11 is 0. The Balaban J connectivity index is 2.00. The van der Waals surface area contributed by atoms with Crippen LogP contribution >= 0.6 is 0 Å². The zero-order valence-corrected chi connectivity index (χ0v) is 16.5. The first-order valence-corrected chi connectivity index (χ1v) is 8.89. The zero-order valence-electron chi connectivity index (χ0n) is 16.5. The van der Waals surface area contributed by atoms with Gasteiger partial charge in [-0.05, 0) is 41.5 Å². The number of carbonyl (C=O) groups excluding carboxylic acids is 3. The third-order valence-electron chi connectivity index (χ3n) is 3.97. The van der Waals surface area contributed by atoms with E-state index in [1.54, 1.807) is 49.6 Å². The Morgan fingerprint density at radius 2 is 1.59 bits per heavy atom. The Morgan fingerprint density at radius 1 is 0.966 bits per heavy atom. The molecule has 1 amide bonds. The number of amides is 1. The second-order valence-electron chi connectivity index (χ2n) is 6.13. The molecule has 0 heterocycles. The maximum Gasteiger partial charge on any atom is 0.328 e. The molecule has 0 aromatic heterocycles. The largest absolute Gasteiger partial charge is 0.497 e. The summed E-state index contributed by atoms with van der Waals surface area (Å²) in [6.07, 6.45) is 3.20. The highest BCUT2D eigenvalue weighted by Crippen LogP contribution is 2.14. The summed E-state index contributed by atoms with van der Waals surface area (Å²) in [6.45, 7) is 1.32. The molecule has 152 valence electrons. The number of carbonyl (C=O) groups is 3. The Kier molecular flexibility index (Phi) is 7.97. The van der Waals surface area contributed by atoms with Gasteiger partial charge in [0.2, 0.25) is 5.91 Å². The third-order valence-corrected chi connectivity index (χ3v) is 3.97. The minimum Gasteiger partial charge on any atom is -0.497 e. The van der Waals surface area contributed by atoms with Crippen molar-refractivity contribution in [2.45, 2.75) is 19.4 Å². The normalized spacial score (nSPS) is 11.6. The van der Waals surface area contributed by atoms with Gasteiger partial charge < -0.3 is 19.5 Å². The average molecular weight is 397 g/mol. The number of ether oxygens (including phenoxy) is 3.